The summed E-state index contributed by atoms with van der Waals surface area (Å²) in [6.45, 7) is 8.04. The normalized spacial score (nSPS) is 10.9. The summed E-state index contributed by atoms with van der Waals surface area (Å²) in [4.78, 5) is 2.29. The van der Waals surface area contributed by atoms with Crippen LogP contribution in [0.4, 0.5) is 17.1 Å². The van der Waals surface area contributed by atoms with Gasteiger partial charge in [0, 0.05) is 17.1 Å². The second kappa shape index (κ2) is 9.32. The first-order chi connectivity index (χ1) is 15.1. The second-order valence-electron chi connectivity index (χ2n) is 7.80. The van der Waals surface area contributed by atoms with Crippen LogP contribution in [-0.2, 0) is 0 Å². The van der Waals surface area contributed by atoms with Crippen molar-refractivity contribution in [1.82, 2.24) is 0 Å². The molecule has 0 aliphatic heterocycles. The van der Waals surface area contributed by atoms with Gasteiger partial charge in [-0.3, -0.25) is 0 Å². The molecule has 0 amide bonds. The lowest BCUT2D eigenvalue weighted by Gasteiger charge is -2.25. The maximum absolute atomic E-state index is 3.81. The van der Waals surface area contributed by atoms with E-state index in [4.69, 9.17) is 0 Å². The van der Waals surface area contributed by atoms with E-state index in [0.29, 0.717) is 0 Å². The fourth-order valence-electron chi connectivity index (χ4n) is 3.51. The van der Waals surface area contributed by atoms with Gasteiger partial charge in [-0.2, -0.15) is 0 Å². The van der Waals surface area contributed by atoms with E-state index in [2.05, 4.69) is 135 Å². The average Bonchev–Trinajstić information content (AvgIpc) is 2.81. The fourth-order valence-corrected chi connectivity index (χ4v) is 3.51. The zero-order chi connectivity index (χ0) is 21.6. The van der Waals surface area contributed by atoms with Crippen molar-refractivity contribution in [2.24, 2.45) is 0 Å². The van der Waals surface area contributed by atoms with Gasteiger partial charge in [-0.1, -0.05) is 96.6 Å². The molecule has 0 atom stereocenters. The standard InChI is InChI=1S/C30H27N/c1-4-25-9-11-26(12-10-25)13-14-27-15-21-30(22-16-27)31(28-17-5-23(2)6-18-28)29-19-7-24(3)8-20-29/h4-22H,1H2,2-3H3/b14-13+. The van der Waals surface area contributed by atoms with E-state index >= 15 is 0 Å². The molecule has 0 aliphatic rings. The zero-order valence-corrected chi connectivity index (χ0v) is 18.1. The molecule has 4 rings (SSSR count). The molecule has 0 saturated carbocycles. The molecule has 0 unspecified atom stereocenters. The lowest BCUT2D eigenvalue weighted by atomic mass is 10.1. The number of benzene rings is 4. The van der Waals surface area contributed by atoms with Gasteiger partial charge in [0.05, 0.1) is 0 Å². The number of hydrogen-bond donors (Lipinski definition) is 0. The van der Waals surface area contributed by atoms with Crippen molar-refractivity contribution in [3.8, 4) is 0 Å². The molecule has 152 valence electrons. The van der Waals surface area contributed by atoms with E-state index in [-0.39, 0.29) is 0 Å². The van der Waals surface area contributed by atoms with Gasteiger partial charge in [0.1, 0.15) is 0 Å². The monoisotopic (exact) mass is 401 g/mol. The average molecular weight is 402 g/mol. The first kappa shape index (κ1) is 20.4. The highest BCUT2D eigenvalue weighted by Crippen LogP contribution is 2.34. The van der Waals surface area contributed by atoms with Crippen molar-refractivity contribution >= 4 is 35.3 Å². The maximum atomic E-state index is 3.81. The summed E-state index contributed by atoms with van der Waals surface area (Å²) in [5.74, 6) is 0. The predicted octanol–water partition coefficient (Wildman–Crippen LogP) is 8.59. The maximum Gasteiger partial charge on any atom is 0.0462 e. The Bertz CT molecular complexity index is 1120. The van der Waals surface area contributed by atoms with Crippen LogP contribution in [0.15, 0.2) is 104 Å². The van der Waals surface area contributed by atoms with Crippen LogP contribution in [0.25, 0.3) is 18.2 Å². The van der Waals surface area contributed by atoms with Gasteiger partial charge in [0.15, 0.2) is 0 Å². The van der Waals surface area contributed by atoms with Crippen LogP contribution >= 0.6 is 0 Å². The van der Waals surface area contributed by atoms with Gasteiger partial charge in [-0.15, -0.1) is 0 Å². The van der Waals surface area contributed by atoms with Gasteiger partial charge >= 0.3 is 0 Å². The molecular weight excluding hydrogens is 374 g/mol. The van der Waals surface area contributed by atoms with Gasteiger partial charge in [0.25, 0.3) is 0 Å². The third-order valence-electron chi connectivity index (χ3n) is 5.38. The van der Waals surface area contributed by atoms with Crippen molar-refractivity contribution in [2.75, 3.05) is 4.90 Å². The molecule has 1 heteroatoms. The van der Waals surface area contributed by atoms with Crippen LogP contribution in [0.5, 0.6) is 0 Å². The Labute approximate surface area is 185 Å². The minimum absolute atomic E-state index is 1.13. The minimum atomic E-state index is 1.13. The van der Waals surface area contributed by atoms with Gasteiger partial charge in [0.2, 0.25) is 0 Å². The molecule has 0 spiro atoms. The first-order valence-electron chi connectivity index (χ1n) is 10.6. The first-order valence-corrected chi connectivity index (χ1v) is 10.6. The summed E-state index contributed by atoms with van der Waals surface area (Å²) in [6.07, 6.45) is 6.15. The molecule has 31 heavy (non-hydrogen) atoms. The molecular formula is C30H27N. The molecule has 0 fully saturated rings. The highest BCUT2D eigenvalue weighted by Gasteiger charge is 2.12. The molecule has 0 saturated heterocycles. The van der Waals surface area contributed by atoms with Crippen molar-refractivity contribution in [1.29, 1.82) is 0 Å². The topological polar surface area (TPSA) is 3.24 Å². The number of rotatable bonds is 6. The molecule has 0 N–H and O–H groups in total. The van der Waals surface area contributed by atoms with E-state index in [1.165, 1.54) is 22.3 Å². The molecule has 0 radical (unpaired) electrons. The second-order valence-corrected chi connectivity index (χ2v) is 7.80. The zero-order valence-electron chi connectivity index (χ0n) is 18.1. The lowest BCUT2D eigenvalue weighted by Crippen LogP contribution is -2.09. The highest BCUT2D eigenvalue weighted by atomic mass is 15.1. The van der Waals surface area contributed by atoms with E-state index in [1.54, 1.807) is 0 Å². The smallest absolute Gasteiger partial charge is 0.0462 e. The van der Waals surface area contributed by atoms with E-state index in [9.17, 15) is 0 Å². The number of nitrogens with zero attached hydrogens (tertiary/aromatic N) is 1. The van der Waals surface area contributed by atoms with Crippen molar-refractivity contribution in [3.05, 3.63) is 131 Å². The Morgan fingerprint density at radius 2 is 0.806 bits per heavy atom. The van der Waals surface area contributed by atoms with Gasteiger partial charge < -0.3 is 4.90 Å². The van der Waals surface area contributed by atoms with Crippen LogP contribution in [0, 0.1) is 13.8 Å². The Balaban J connectivity index is 1.62. The van der Waals surface area contributed by atoms with E-state index in [1.807, 2.05) is 6.08 Å². The lowest BCUT2D eigenvalue weighted by molar-refractivity contribution is 1.27. The van der Waals surface area contributed by atoms with Crippen LogP contribution in [0.1, 0.15) is 27.8 Å². The summed E-state index contributed by atoms with van der Waals surface area (Å²) in [5, 5.41) is 0. The minimum Gasteiger partial charge on any atom is -0.311 e. The van der Waals surface area contributed by atoms with E-state index < -0.39 is 0 Å². The molecule has 4 aromatic rings. The summed E-state index contributed by atoms with van der Waals surface area (Å²) in [5.41, 5.74) is 9.44. The molecule has 1 nitrogen and oxygen atoms in total. The Hall–Kier alpha value is -3.84. The third-order valence-corrected chi connectivity index (χ3v) is 5.38. The summed E-state index contributed by atoms with van der Waals surface area (Å²) >= 11 is 0. The van der Waals surface area contributed by atoms with Crippen molar-refractivity contribution in [2.45, 2.75) is 13.8 Å². The van der Waals surface area contributed by atoms with Crippen LogP contribution in [0.3, 0.4) is 0 Å². The largest absolute Gasteiger partial charge is 0.311 e. The van der Waals surface area contributed by atoms with Crippen molar-refractivity contribution in [3.63, 3.8) is 0 Å². The van der Waals surface area contributed by atoms with Crippen LogP contribution < -0.4 is 4.90 Å². The van der Waals surface area contributed by atoms with Gasteiger partial charge in [-0.25, -0.2) is 0 Å². The highest BCUT2D eigenvalue weighted by molar-refractivity contribution is 5.78. The number of aryl methyl sites for hydroxylation is 2. The third kappa shape index (κ3) is 5.02. The van der Waals surface area contributed by atoms with Crippen LogP contribution in [0.2, 0.25) is 0 Å². The summed E-state index contributed by atoms with van der Waals surface area (Å²) < 4.78 is 0. The molecule has 0 aromatic heterocycles. The predicted molar refractivity (Wildman–Crippen MR) is 136 cm³/mol. The van der Waals surface area contributed by atoms with Crippen LogP contribution in [-0.4, -0.2) is 0 Å². The SMILES string of the molecule is C=Cc1ccc(/C=C/c2ccc(N(c3ccc(C)cc3)c3ccc(C)cc3)cc2)cc1. The molecule has 0 bridgehead atoms. The molecule has 4 aromatic carbocycles. The Kier molecular flexibility index (Phi) is 6.14. The Morgan fingerprint density at radius 3 is 1.19 bits per heavy atom. The fraction of sp³-hybridized carbons (Fsp3) is 0.0667. The van der Waals surface area contributed by atoms with Gasteiger partial charge in [-0.05, 0) is 66.9 Å². The molecule has 0 aliphatic carbocycles. The van der Waals surface area contributed by atoms with E-state index in [0.717, 1.165) is 22.6 Å². The molecule has 0 heterocycles. The Morgan fingerprint density at radius 1 is 0.484 bits per heavy atom. The summed E-state index contributed by atoms with van der Waals surface area (Å²) in [6, 6.07) is 34.4. The summed E-state index contributed by atoms with van der Waals surface area (Å²) in [7, 11) is 0. The number of anilines is 3. The quantitative estimate of drug-likeness (QED) is 0.292. The number of hydrogen-bond acceptors (Lipinski definition) is 1. The van der Waals surface area contributed by atoms with Crippen molar-refractivity contribution < 1.29 is 0 Å².